The van der Waals surface area contributed by atoms with E-state index >= 15 is 0 Å². The smallest absolute Gasteiger partial charge is 0.234 e. The lowest BCUT2D eigenvalue weighted by Gasteiger charge is -2.08. The van der Waals surface area contributed by atoms with Crippen molar-refractivity contribution in [2.75, 3.05) is 11.1 Å². The van der Waals surface area contributed by atoms with Gasteiger partial charge < -0.3 is 5.32 Å². The highest BCUT2D eigenvalue weighted by atomic mass is 35.5. The molecule has 0 aliphatic rings. The van der Waals surface area contributed by atoms with Crippen LogP contribution in [-0.4, -0.2) is 21.2 Å². The number of rotatable bonds is 5. The molecule has 3 aromatic rings. The molecule has 4 nitrogen and oxygen atoms in total. The first-order valence-electron chi connectivity index (χ1n) is 7.20. The molecule has 1 aromatic heterocycles. The van der Waals surface area contributed by atoms with E-state index in [2.05, 4.69) is 10.3 Å². The van der Waals surface area contributed by atoms with E-state index in [1.54, 1.807) is 24.5 Å². The molecule has 0 aliphatic heterocycles. The highest BCUT2D eigenvalue weighted by Crippen LogP contribution is 2.22. The van der Waals surface area contributed by atoms with Gasteiger partial charge in [-0.1, -0.05) is 23.4 Å². The molecular formula is C17H12ClF2N3OS. The first-order valence-corrected chi connectivity index (χ1v) is 8.56. The summed E-state index contributed by atoms with van der Waals surface area (Å²) < 4.78 is 28.2. The second-order valence-corrected chi connectivity index (χ2v) is 6.40. The van der Waals surface area contributed by atoms with Crippen LogP contribution in [-0.2, 0) is 4.79 Å². The predicted molar refractivity (Wildman–Crippen MR) is 94.3 cm³/mol. The minimum absolute atomic E-state index is 0.0292. The van der Waals surface area contributed by atoms with Gasteiger partial charge in [0.25, 0.3) is 0 Å². The highest BCUT2D eigenvalue weighted by Gasteiger charge is 2.11. The maximum atomic E-state index is 13.6. The SMILES string of the molecule is O=C(CSc1nccn1-c1ccc(Cl)cc1)Nc1ccc(F)cc1F. The Kier molecular flexibility index (Phi) is 5.35. The highest BCUT2D eigenvalue weighted by molar-refractivity contribution is 7.99. The maximum absolute atomic E-state index is 13.6. The number of benzene rings is 2. The monoisotopic (exact) mass is 379 g/mol. The Hall–Kier alpha value is -2.38. The molecule has 1 N–H and O–H groups in total. The molecule has 0 aliphatic carbocycles. The van der Waals surface area contributed by atoms with Crippen molar-refractivity contribution in [3.63, 3.8) is 0 Å². The minimum Gasteiger partial charge on any atom is -0.323 e. The molecule has 0 fully saturated rings. The molecule has 2 aromatic carbocycles. The van der Waals surface area contributed by atoms with E-state index in [4.69, 9.17) is 11.6 Å². The van der Waals surface area contributed by atoms with Crippen molar-refractivity contribution in [2.45, 2.75) is 5.16 Å². The molecule has 0 spiro atoms. The fourth-order valence-corrected chi connectivity index (χ4v) is 3.00. The van der Waals surface area contributed by atoms with Gasteiger partial charge >= 0.3 is 0 Å². The van der Waals surface area contributed by atoms with Crippen molar-refractivity contribution in [3.05, 3.63) is 71.5 Å². The van der Waals surface area contributed by atoms with Crippen LogP contribution in [0.4, 0.5) is 14.5 Å². The molecule has 0 radical (unpaired) electrons. The molecule has 0 atom stereocenters. The number of carbonyl (C=O) groups excluding carboxylic acids is 1. The van der Waals surface area contributed by atoms with Crippen molar-refractivity contribution in [2.24, 2.45) is 0 Å². The lowest BCUT2D eigenvalue weighted by molar-refractivity contribution is -0.113. The van der Waals surface area contributed by atoms with Crippen molar-refractivity contribution in [3.8, 4) is 5.69 Å². The number of anilines is 1. The second-order valence-electron chi connectivity index (χ2n) is 5.02. The van der Waals surface area contributed by atoms with Gasteiger partial charge in [0.15, 0.2) is 5.16 Å². The number of hydrogen-bond donors (Lipinski definition) is 1. The number of hydrogen-bond acceptors (Lipinski definition) is 3. The fourth-order valence-electron chi connectivity index (χ4n) is 2.10. The molecule has 25 heavy (non-hydrogen) atoms. The third kappa shape index (κ3) is 4.37. The van der Waals surface area contributed by atoms with Crippen LogP contribution in [0.1, 0.15) is 0 Å². The van der Waals surface area contributed by atoms with E-state index in [0.29, 0.717) is 10.2 Å². The van der Waals surface area contributed by atoms with E-state index in [0.717, 1.165) is 17.8 Å². The lowest BCUT2D eigenvalue weighted by Crippen LogP contribution is -2.15. The van der Waals surface area contributed by atoms with Gasteiger partial charge in [0.05, 0.1) is 11.4 Å². The minimum atomic E-state index is -0.819. The van der Waals surface area contributed by atoms with E-state index < -0.39 is 17.5 Å². The number of carbonyl (C=O) groups is 1. The maximum Gasteiger partial charge on any atom is 0.234 e. The van der Waals surface area contributed by atoms with Gasteiger partial charge in [0, 0.05) is 29.2 Å². The number of halogens is 3. The number of aromatic nitrogens is 2. The summed E-state index contributed by atoms with van der Waals surface area (Å²) in [6.07, 6.45) is 3.39. The fraction of sp³-hybridized carbons (Fsp3) is 0.0588. The van der Waals surface area contributed by atoms with E-state index in [9.17, 15) is 13.6 Å². The van der Waals surface area contributed by atoms with Gasteiger partial charge in [0.2, 0.25) is 5.91 Å². The standard InChI is InChI=1S/C17H12ClF2N3OS/c18-11-1-4-13(5-2-11)23-8-7-21-17(23)25-10-16(24)22-15-6-3-12(19)9-14(15)20/h1-9H,10H2,(H,22,24). The van der Waals surface area contributed by atoms with Crippen LogP contribution in [0.5, 0.6) is 0 Å². The van der Waals surface area contributed by atoms with Crippen LogP contribution in [0, 0.1) is 11.6 Å². The van der Waals surface area contributed by atoms with Gasteiger partial charge in [-0.3, -0.25) is 9.36 Å². The predicted octanol–water partition coefficient (Wildman–Crippen LogP) is 4.53. The van der Waals surface area contributed by atoms with Gasteiger partial charge in [0.1, 0.15) is 11.6 Å². The lowest BCUT2D eigenvalue weighted by atomic mass is 10.3. The zero-order valence-corrected chi connectivity index (χ0v) is 14.3. The zero-order valence-electron chi connectivity index (χ0n) is 12.7. The van der Waals surface area contributed by atoms with E-state index in [1.807, 2.05) is 16.7 Å². The second kappa shape index (κ2) is 7.67. The van der Waals surface area contributed by atoms with E-state index in [-0.39, 0.29) is 11.4 Å². The Balaban J connectivity index is 1.65. The molecule has 8 heteroatoms. The summed E-state index contributed by atoms with van der Waals surface area (Å²) in [6, 6.07) is 10.2. The van der Waals surface area contributed by atoms with Crippen LogP contribution in [0.2, 0.25) is 5.02 Å². The van der Waals surface area contributed by atoms with Gasteiger partial charge in [-0.25, -0.2) is 13.8 Å². The molecule has 0 bridgehead atoms. The topological polar surface area (TPSA) is 46.9 Å². The first kappa shape index (κ1) is 17.4. The van der Waals surface area contributed by atoms with Crippen molar-refractivity contribution < 1.29 is 13.6 Å². The van der Waals surface area contributed by atoms with Crippen molar-refractivity contribution in [1.82, 2.24) is 9.55 Å². The average molecular weight is 380 g/mol. The quantitative estimate of drug-likeness (QED) is 0.662. The summed E-state index contributed by atoms with van der Waals surface area (Å²) in [6.45, 7) is 0. The summed E-state index contributed by atoms with van der Waals surface area (Å²) >= 11 is 7.08. The molecular weight excluding hydrogens is 368 g/mol. The summed E-state index contributed by atoms with van der Waals surface area (Å²) in [4.78, 5) is 16.2. The number of nitrogens with zero attached hydrogens (tertiary/aromatic N) is 2. The largest absolute Gasteiger partial charge is 0.323 e. The van der Waals surface area contributed by atoms with Gasteiger partial charge in [-0.15, -0.1) is 0 Å². The zero-order chi connectivity index (χ0) is 17.8. The van der Waals surface area contributed by atoms with Crippen LogP contribution >= 0.6 is 23.4 Å². The molecule has 1 amide bonds. The Morgan fingerprint density at radius 1 is 1.20 bits per heavy atom. The van der Waals surface area contributed by atoms with Gasteiger partial charge in [-0.2, -0.15) is 0 Å². The third-order valence-corrected chi connectivity index (χ3v) is 4.47. The molecule has 0 saturated heterocycles. The number of imidazole rings is 1. The number of nitrogens with one attached hydrogen (secondary N) is 1. The Bertz CT molecular complexity index is 899. The normalized spacial score (nSPS) is 10.7. The molecule has 128 valence electrons. The Labute approximate surface area is 151 Å². The third-order valence-electron chi connectivity index (χ3n) is 3.25. The average Bonchev–Trinajstić information content (AvgIpc) is 3.05. The molecule has 3 rings (SSSR count). The molecule has 1 heterocycles. The van der Waals surface area contributed by atoms with E-state index in [1.165, 1.54) is 17.8 Å². The van der Waals surface area contributed by atoms with Crippen LogP contribution < -0.4 is 5.32 Å². The number of thioether (sulfide) groups is 1. The Morgan fingerprint density at radius 2 is 1.96 bits per heavy atom. The summed E-state index contributed by atoms with van der Waals surface area (Å²) in [5, 5.41) is 3.64. The summed E-state index contributed by atoms with van der Waals surface area (Å²) in [7, 11) is 0. The summed E-state index contributed by atoms with van der Waals surface area (Å²) in [5.41, 5.74) is 0.794. The first-order chi connectivity index (χ1) is 12.0. The molecule has 0 unspecified atom stereocenters. The van der Waals surface area contributed by atoms with Crippen molar-refractivity contribution >= 4 is 35.0 Å². The Morgan fingerprint density at radius 3 is 2.68 bits per heavy atom. The number of amides is 1. The summed E-state index contributed by atoms with van der Waals surface area (Å²) in [5.74, 6) is -1.90. The van der Waals surface area contributed by atoms with Crippen molar-refractivity contribution in [1.29, 1.82) is 0 Å². The van der Waals surface area contributed by atoms with Crippen LogP contribution in [0.3, 0.4) is 0 Å². The van der Waals surface area contributed by atoms with Crippen LogP contribution in [0.25, 0.3) is 5.69 Å². The van der Waals surface area contributed by atoms with Crippen LogP contribution in [0.15, 0.2) is 60.0 Å². The molecule has 0 saturated carbocycles. The van der Waals surface area contributed by atoms with Gasteiger partial charge in [-0.05, 0) is 36.4 Å².